The molecule has 1 saturated carbocycles. The van der Waals surface area contributed by atoms with Crippen molar-refractivity contribution in [3.05, 3.63) is 53.7 Å². The Balaban J connectivity index is 1.54. The second-order valence-corrected chi connectivity index (χ2v) is 10.2. The second-order valence-electron chi connectivity index (χ2n) is 8.40. The molecule has 0 radical (unpaired) electrons. The number of hydrogen-bond acceptors (Lipinski definition) is 6. The molecule has 4 rings (SSSR count). The monoisotopic (exact) mass is 497 g/mol. The third-order valence-corrected chi connectivity index (χ3v) is 8.05. The van der Waals surface area contributed by atoms with Crippen LogP contribution in [0.15, 0.2) is 47.5 Å². The highest BCUT2D eigenvalue weighted by Gasteiger charge is 2.44. The number of esters is 1. The van der Waals surface area contributed by atoms with Gasteiger partial charge in [0.05, 0.1) is 17.1 Å². The Kier molecular flexibility index (Phi) is 6.86. The molecule has 0 unspecified atom stereocenters. The lowest BCUT2D eigenvalue weighted by Gasteiger charge is -2.38. The van der Waals surface area contributed by atoms with Crippen LogP contribution in [0.1, 0.15) is 48.5 Å². The van der Waals surface area contributed by atoms with Gasteiger partial charge in [-0.2, -0.15) is 17.5 Å². The van der Waals surface area contributed by atoms with Crippen LogP contribution in [-0.4, -0.2) is 55.5 Å². The molecular weight excluding hydrogens is 471 g/mol. The molecular formula is C23H26F3N3O4S. The first-order valence-electron chi connectivity index (χ1n) is 11.2. The molecule has 11 heteroatoms. The molecule has 1 saturated heterocycles. The molecule has 1 aromatic heterocycles. The summed E-state index contributed by atoms with van der Waals surface area (Å²) >= 11 is 0. The Bertz CT molecular complexity index is 1140. The molecule has 184 valence electrons. The summed E-state index contributed by atoms with van der Waals surface area (Å²) in [5, 5.41) is 0. The van der Waals surface area contributed by atoms with Crippen LogP contribution in [0.3, 0.4) is 0 Å². The highest BCUT2D eigenvalue weighted by molar-refractivity contribution is 7.89. The van der Waals surface area contributed by atoms with E-state index in [9.17, 15) is 26.4 Å². The van der Waals surface area contributed by atoms with Gasteiger partial charge in [0, 0.05) is 31.4 Å². The SMILES string of the molecule is CCOC(=O)c1cccnc1N1CCC(N(C2CC2)S(=O)(=O)c2cccc(C(F)(F)F)c2)CC1. The molecule has 1 aliphatic heterocycles. The third kappa shape index (κ3) is 5.05. The van der Waals surface area contributed by atoms with Gasteiger partial charge in [0.15, 0.2) is 0 Å². The Morgan fingerprint density at radius 2 is 1.79 bits per heavy atom. The van der Waals surface area contributed by atoms with Gasteiger partial charge in [0.25, 0.3) is 0 Å². The van der Waals surface area contributed by atoms with Crippen molar-refractivity contribution in [2.75, 3.05) is 24.6 Å². The summed E-state index contributed by atoms with van der Waals surface area (Å²) in [5.41, 5.74) is -0.640. The fourth-order valence-corrected chi connectivity index (χ4v) is 6.30. The normalized spacial score (nSPS) is 17.7. The van der Waals surface area contributed by atoms with E-state index in [1.165, 1.54) is 10.4 Å². The molecule has 2 aliphatic rings. The minimum atomic E-state index is -4.62. The summed E-state index contributed by atoms with van der Waals surface area (Å²) in [6.07, 6.45) is -0.738. The van der Waals surface area contributed by atoms with Gasteiger partial charge < -0.3 is 9.64 Å². The van der Waals surface area contributed by atoms with Gasteiger partial charge in [-0.05, 0) is 62.9 Å². The summed E-state index contributed by atoms with van der Waals surface area (Å²) < 4.78 is 72.9. The minimum Gasteiger partial charge on any atom is -0.462 e. The van der Waals surface area contributed by atoms with Crippen LogP contribution in [0.25, 0.3) is 0 Å². The Hall–Kier alpha value is -2.66. The van der Waals surface area contributed by atoms with Crippen molar-refractivity contribution in [1.82, 2.24) is 9.29 Å². The third-order valence-electron chi connectivity index (χ3n) is 6.05. The fourth-order valence-electron chi connectivity index (χ4n) is 4.32. The Labute approximate surface area is 196 Å². The number of sulfonamides is 1. The number of rotatable bonds is 7. The van der Waals surface area contributed by atoms with Gasteiger partial charge in [0.1, 0.15) is 11.4 Å². The predicted molar refractivity (Wildman–Crippen MR) is 119 cm³/mol. The molecule has 7 nitrogen and oxygen atoms in total. The highest BCUT2D eigenvalue weighted by atomic mass is 32.2. The van der Waals surface area contributed by atoms with Crippen molar-refractivity contribution in [1.29, 1.82) is 0 Å². The molecule has 2 heterocycles. The first-order chi connectivity index (χ1) is 16.1. The predicted octanol–water partition coefficient (Wildman–Crippen LogP) is 4.10. The molecule has 1 aliphatic carbocycles. The van der Waals surface area contributed by atoms with E-state index in [2.05, 4.69) is 4.98 Å². The van der Waals surface area contributed by atoms with Crippen molar-refractivity contribution >= 4 is 21.8 Å². The molecule has 0 spiro atoms. The van der Waals surface area contributed by atoms with Crippen LogP contribution in [-0.2, 0) is 20.9 Å². The zero-order chi connectivity index (χ0) is 24.5. The number of nitrogens with zero attached hydrogens (tertiary/aromatic N) is 3. The summed E-state index contributed by atoms with van der Waals surface area (Å²) in [5.74, 6) is 0.0116. The number of ether oxygens (including phenoxy) is 1. The standard InChI is InChI=1S/C23H26F3N3O4S/c1-2-33-22(30)20-7-4-12-27-21(20)28-13-10-18(11-14-28)29(17-8-9-17)34(31,32)19-6-3-5-16(15-19)23(24,25)26/h3-7,12,15,17-18H,2,8-11,13-14H2,1H3. The van der Waals surface area contributed by atoms with Gasteiger partial charge in [-0.1, -0.05) is 6.07 Å². The lowest BCUT2D eigenvalue weighted by atomic mass is 10.0. The minimum absolute atomic E-state index is 0.207. The Morgan fingerprint density at radius 3 is 2.41 bits per heavy atom. The summed E-state index contributed by atoms with van der Waals surface area (Å²) in [7, 11) is -4.11. The largest absolute Gasteiger partial charge is 0.462 e. The zero-order valence-electron chi connectivity index (χ0n) is 18.7. The molecule has 2 fully saturated rings. The van der Waals surface area contributed by atoms with Crippen LogP contribution in [0, 0.1) is 0 Å². The smallest absolute Gasteiger partial charge is 0.416 e. The number of alkyl halides is 3. The molecule has 34 heavy (non-hydrogen) atoms. The molecule has 0 bridgehead atoms. The molecule has 2 aromatic rings. The van der Waals surface area contributed by atoms with Crippen molar-refractivity contribution in [3.8, 4) is 0 Å². The number of piperidine rings is 1. The summed E-state index contributed by atoms with van der Waals surface area (Å²) in [4.78, 5) is 18.2. The van der Waals surface area contributed by atoms with E-state index in [-0.39, 0.29) is 23.6 Å². The van der Waals surface area contributed by atoms with Crippen LogP contribution in [0.4, 0.5) is 19.0 Å². The van der Waals surface area contributed by atoms with Crippen LogP contribution in [0.5, 0.6) is 0 Å². The maximum absolute atomic E-state index is 13.4. The van der Waals surface area contributed by atoms with Crippen molar-refractivity contribution in [3.63, 3.8) is 0 Å². The number of carbonyl (C=O) groups is 1. The molecule has 0 atom stereocenters. The maximum atomic E-state index is 13.4. The van der Waals surface area contributed by atoms with Crippen LogP contribution in [0.2, 0.25) is 0 Å². The lowest BCUT2D eigenvalue weighted by Crippen LogP contribution is -2.48. The average Bonchev–Trinajstić information content (AvgIpc) is 3.64. The van der Waals surface area contributed by atoms with E-state index in [4.69, 9.17) is 4.74 Å². The van der Waals surface area contributed by atoms with E-state index in [1.807, 2.05) is 4.90 Å². The zero-order valence-corrected chi connectivity index (χ0v) is 19.5. The molecule has 0 N–H and O–H groups in total. The number of pyridine rings is 1. The number of carbonyl (C=O) groups excluding carboxylic acids is 1. The lowest BCUT2D eigenvalue weighted by molar-refractivity contribution is -0.137. The highest BCUT2D eigenvalue weighted by Crippen LogP contribution is 2.38. The van der Waals surface area contributed by atoms with E-state index in [1.54, 1.807) is 25.3 Å². The number of anilines is 1. The van der Waals surface area contributed by atoms with Gasteiger partial charge >= 0.3 is 12.1 Å². The number of aromatic nitrogens is 1. The van der Waals surface area contributed by atoms with Gasteiger partial charge in [-0.15, -0.1) is 0 Å². The van der Waals surface area contributed by atoms with E-state index < -0.39 is 27.7 Å². The van der Waals surface area contributed by atoms with Crippen molar-refractivity contribution in [2.24, 2.45) is 0 Å². The van der Waals surface area contributed by atoms with Crippen LogP contribution >= 0.6 is 0 Å². The van der Waals surface area contributed by atoms with Crippen LogP contribution < -0.4 is 4.90 Å². The average molecular weight is 498 g/mol. The topological polar surface area (TPSA) is 79.8 Å². The van der Waals surface area contributed by atoms with E-state index in [0.717, 1.165) is 12.1 Å². The number of hydrogen-bond donors (Lipinski definition) is 0. The van der Waals surface area contributed by atoms with Gasteiger partial charge in [-0.25, -0.2) is 18.2 Å². The quantitative estimate of drug-likeness (QED) is 0.536. The number of halogens is 3. The van der Waals surface area contributed by atoms with E-state index >= 15 is 0 Å². The summed E-state index contributed by atoms with van der Waals surface area (Å²) in [6.45, 7) is 2.86. The molecule has 1 aromatic carbocycles. The first-order valence-corrected chi connectivity index (χ1v) is 12.6. The van der Waals surface area contributed by atoms with Crippen molar-refractivity contribution < 1.29 is 31.1 Å². The van der Waals surface area contributed by atoms with E-state index in [0.29, 0.717) is 56.2 Å². The van der Waals surface area contributed by atoms with Gasteiger partial charge in [-0.3, -0.25) is 0 Å². The maximum Gasteiger partial charge on any atom is 0.416 e. The first kappa shape index (κ1) is 24.5. The second kappa shape index (κ2) is 9.53. The fraction of sp³-hybridized carbons (Fsp3) is 0.478. The van der Waals surface area contributed by atoms with Crippen molar-refractivity contribution in [2.45, 2.75) is 55.8 Å². The molecule has 0 amide bonds. The Morgan fingerprint density at radius 1 is 1.12 bits per heavy atom. The van der Waals surface area contributed by atoms with Gasteiger partial charge in [0.2, 0.25) is 10.0 Å². The summed E-state index contributed by atoms with van der Waals surface area (Å²) in [6, 6.07) is 6.65. The number of benzene rings is 1.